The topological polar surface area (TPSA) is 252 Å². The van der Waals surface area contributed by atoms with E-state index < -0.39 is 54.3 Å². The molecule has 3 aromatic rings. The lowest BCUT2D eigenvalue weighted by atomic mass is 9.87. The molecule has 17 nitrogen and oxygen atoms in total. The lowest BCUT2D eigenvalue weighted by Gasteiger charge is -2.45. The molecule has 3 amide bonds. The van der Waals surface area contributed by atoms with Gasteiger partial charge in [0.1, 0.15) is 12.3 Å². The van der Waals surface area contributed by atoms with Gasteiger partial charge in [-0.15, -0.1) is 5.10 Å². The normalized spacial score (nSPS) is 21.1. The highest BCUT2D eigenvalue weighted by atomic mass is 16.7. The van der Waals surface area contributed by atoms with Crippen LogP contribution in [0.2, 0.25) is 0 Å². The molecular formula is C44H63N7O10. The molecule has 2 heterocycles. The summed E-state index contributed by atoms with van der Waals surface area (Å²) in [7, 11) is 0. The summed E-state index contributed by atoms with van der Waals surface area (Å²) < 4.78 is 13.5. The number of aliphatic hydroxyl groups excluding tert-OH is 2. The van der Waals surface area contributed by atoms with Crippen molar-refractivity contribution in [1.29, 1.82) is 0 Å². The first-order chi connectivity index (χ1) is 29.3. The zero-order chi connectivity index (χ0) is 43.9. The molecule has 0 spiro atoms. The molecule has 1 aliphatic carbocycles. The molecule has 8 N–H and O–H groups in total. The smallest absolute Gasteiger partial charge is 0.364 e. The van der Waals surface area contributed by atoms with Crippen molar-refractivity contribution in [3.05, 3.63) is 76.6 Å². The molecular weight excluding hydrogens is 787 g/mol. The summed E-state index contributed by atoms with van der Waals surface area (Å²) in [4.78, 5) is 54.5. The van der Waals surface area contributed by atoms with Gasteiger partial charge in [-0.25, -0.2) is 9.48 Å². The van der Waals surface area contributed by atoms with Crippen LogP contribution in [0.4, 0.5) is 0 Å². The second-order valence-corrected chi connectivity index (χ2v) is 16.4. The number of nitrogens with zero attached hydrogens (tertiary/aromatic N) is 4. The minimum atomic E-state index is -2.37. The van der Waals surface area contributed by atoms with Crippen molar-refractivity contribution in [2.24, 2.45) is 5.73 Å². The van der Waals surface area contributed by atoms with Crippen LogP contribution in [0.15, 0.2) is 48.7 Å². The van der Waals surface area contributed by atoms with E-state index >= 15 is 0 Å². The largest absolute Gasteiger partial charge is 0.507 e. The number of aryl methyl sites for hydroxylation is 2. The molecule has 1 saturated heterocycles. The number of carboxylic acids is 1. The third-order valence-electron chi connectivity index (χ3n) is 11.5. The number of nitrogens with two attached hydrogens (primary N) is 1. The molecule has 2 aromatic carbocycles. The molecule has 2 fully saturated rings. The number of carbonyl (C=O) groups is 4. The van der Waals surface area contributed by atoms with Gasteiger partial charge >= 0.3 is 5.97 Å². The summed E-state index contributed by atoms with van der Waals surface area (Å²) in [5.41, 5.74) is 8.65. The number of aliphatic carboxylic acids is 1. The van der Waals surface area contributed by atoms with Gasteiger partial charge in [0.05, 0.1) is 36.7 Å². The summed E-state index contributed by atoms with van der Waals surface area (Å²) in [6.45, 7) is 3.82. The molecule has 2 aliphatic rings. The minimum absolute atomic E-state index is 0.0512. The van der Waals surface area contributed by atoms with Gasteiger partial charge in [-0.1, -0.05) is 61.2 Å². The summed E-state index contributed by atoms with van der Waals surface area (Å²) in [6.07, 6.45) is 5.07. The molecule has 0 bridgehead atoms. The van der Waals surface area contributed by atoms with E-state index in [1.54, 1.807) is 24.9 Å². The lowest BCUT2D eigenvalue weighted by Crippen LogP contribution is -2.65. The highest BCUT2D eigenvalue weighted by Gasteiger charge is 2.53. The number of ether oxygens (including phenoxy) is 2. The minimum Gasteiger partial charge on any atom is -0.507 e. The molecule has 0 radical (unpaired) electrons. The van der Waals surface area contributed by atoms with Crippen LogP contribution in [0.5, 0.6) is 5.75 Å². The molecule has 2 unspecified atom stereocenters. The van der Waals surface area contributed by atoms with E-state index in [4.69, 9.17) is 15.2 Å². The molecule has 334 valence electrons. The Labute approximate surface area is 357 Å². The van der Waals surface area contributed by atoms with Gasteiger partial charge in [-0.05, 0) is 81.3 Å². The fourth-order valence-electron chi connectivity index (χ4n) is 8.14. The first-order valence-electron chi connectivity index (χ1n) is 21.5. The Morgan fingerprint density at radius 3 is 2.46 bits per heavy atom. The Morgan fingerprint density at radius 1 is 1.05 bits per heavy atom. The average molecular weight is 850 g/mol. The molecule has 5 rings (SSSR count). The molecule has 1 aliphatic heterocycles. The standard InChI is InChI=1S/C44H63N7O10/c1-29-21-33(22-30(2)41(29)56)42(57)46-25-34(52)23-37-40(47-38(54)28-51-27-35(48-49-51)32-15-8-4-9-16-32)36(53)24-44(61-37,43(58)59)60-20-12-19-50(26-31-13-6-3-7-14-31)39(55)17-10-5-11-18-45/h3,6-7,13-14,21-22,27,32,34,36-37,40,52-53,56H,4-5,8-12,15-20,23-26,28,45H2,1-2H3,(H,46,57)(H,47,54)(H,58,59)/t34-,36+,37?,40?,44+/m0/s1. The average Bonchev–Trinajstić information content (AvgIpc) is 3.71. The van der Waals surface area contributed by atoms with Gasteiger partial charge < -0.3 is 51.2 Å². The van der Waals surface area contributed by atoms with Crippen LogP contribution in [-0.2, 0) is 36.9 Å². The van der Waals surface area contributed by atoms with E-state index in [2.05, 4.69) is 20.9 Å². The molecule has 1 aromatic heterocycles. The van der Waals surface area contributed by atoms with Crippen LogP contribution < -0.4 is 16.4 Å². The van der Waals surface area contributed by atoms with Gasteiger partial charge in [0.15, 0.2) is 0 Å². The first kappa shape index (κ1) is 47.1. The van der Waals surface area contributed by atoms with Crippen molar-refractivity contribution in [2.45, 2.75) is 140 Å². The van der Waals surface area contributed by atoms with Crippen LogP contribution in [0.25, 0.3) is 0 Å². The molecule has 1 saturated carbocycles. The molecule has 5 atom stereocenters. The van der Waals surface area contributed by atoms with E-state index in [9.17, 15) is 39.6 Å². The fraction of sp³-hybridized carbons (Fsp3) is 0.591. The number of aromatic hydroxyl groups is 1. The molecule has 61 heavy (non-hydrogen) atoms. The maximum Gasteiger partial charge on any atom is 0.364 e. The second-order valence-electron chi connectivity index (χ2n) is 16.4. The Kier molecular flexibility index (Phi) is 17.6. The predicted octanol–water partition coefficient (Wildman–Crippen LogP) is 3.20. The van der Waals surface area contributed by atoms with Gasteiger partial charge in [0, 0.05) is 56.6 Å². The van der Waals surface area contributed by atoms with Crippen molar-refractivity contribution < 1.29 is 49.1 Å². The lowest BCUT2D eigenvalue weighted by molar-refractivity contribution is -0.298. The number of aliphatic hydroxyl groups is 2. The van der Waals surface area contributed by atoms with E-state index in [0.717, 1.165) is 49.8 Å². The van der Waals surface area contributed by atoms with Crippen molar-refractivity contribution in [3.63, 3.8) is 0 Å². The number of hydrogen-bond acceptors (Lipinski definition) is 12. The van der Waals surface area contributed by atoms with Gasteiger partial charge in [-0.3, -0.25) is 14.4 Å². The highest BCUT2D eigenvalue weighted by molar-refractivity contribution is 5.95. The number of aromatic nitrogens is 3. The van der Waals surface area contributed by atoms with Gasteiger partial charge in [-0.2, -0.15) is 0 Å². The highest BCUT2D eigenvalue weighted by Crippen LogP contribution is 2.34. The third-order valence-corrected chi connectivity index (χ3v) is 11.5. The van der Waals surface area contributed by atoms with Crippen molar-refractivity contribution in [1.82, 2.24) is 30.5 Å². The van der Waals surface area contributed by atoms with E-state index in [1.165, 1.54) is 23.2 Å². The van der Waals surface area contributed by atoms with E-state index in [-0.39, 0.29) is 62.2 Å². The van der Waals surface area contributed by atoms with Gasteiger partial charge in [0.25, 0.3) is 11.7 Å². The number of hydrogen-bond donors (Lipinski definition) is 7. The Bertz CT molecular complexity index is 1880. The van der Waals surface area contributed by atoms with Crippen molar-refractivity contribution >= 4 is 23.7 Å². The van der Waals surface area contributed by atoms with Gasteiger partial charge in [0.2, 0.25) is 11.8 Å². The number of benzene rings is 2. The van der Waals surface area contributed by atoms with Crippen LogP contribution in [0.3, 0.4) is 0 Å². The van der Waals surface area contributed by atoms with Crippen LogP contribution in [0.1, 0.15) is 116 Å². The summed E-state index contributed by atoms with van der Waals surface area (Å²) in [5, 5.41) is 57.3. The second kappa shape index (κ2) is 22.8. The Balaban J connectivity index is 1.27. The zero-order valence-corrected chi connectivity index (χ0v) is 35.3. The Hall–Kier alpha value is -4.94. The maximum atomic E-state index is 13.5. The number of nitrogens with one attached hydrogen (secondary N) is 2. The number of unbranched alkanes of at least 4 members (excludes halogenated alkanes) is 2. The van der Waals surface area contributed by atoms with Crippen LogP contribution in [-0.4, -0.2) is 120 Å². The maximum absolute atomic E-state index is 13.5. The molecule has 17 heteroatoms. The van der Waals surface area contributed by atoms with E-state index in [1.807, 2.05) is 30.3 Å². The number of phenolic OH excluding ortho intramolecular Hbond substituents is 1. The number of phenols is 1. The number of rotatable bonds is 22. The summed E-state index contributed by atoms with van der Waals surface area (Å²) >= 11 is 0. The monoisotopic (exact) mass is 849 g/mol. The third kappa shape index (κ3) is 13.5. The number of carbonyl (C=O) groups excluding carboxylic acids is 3. The summed E-state index contributed by atoms with van der Waals surface area (Å²) in [5.74, 6) is -4.65. The number of amides is 3. The number of carboxylic acid groups (broad SMARTS) is 1. The van der Waals surface area contributed by atoms with Crippen molar-refractivity contribution in [2.75, 3.05) is 26.2 Å². The zero-order valence-electron chi connectivity index (χ0n) is 35.3. The Morgan fingerprint density at radius 2 is 1.77 bits per heavy atom. The SMILES string of the molecule is Cc1cc(C(=O)NC[C@@H](O)CC2O[C@@](OCCCN(Cc3ccccc3)C(=O)CCCCCN)(C(=O)O)C[C@@H](O)C2NC(=O)Cn2cc(C3CCCCC3)nn2)cc(C)c1O. The van der Waals surface area contributed by atoms with E-state index in [0.29, 0.717) is 37.1 Å². The quantitative estimate of drug-likeness (QED) is 0.0719. The van der Waals surface area contributed by atoms with Crippen molar-refractivity contribution in [3.8, 4) is 5.75 Å². The predicted molar refractivity (Wildman–Crippen MR) is 224 cm³/mol. The summed E-state index contributed by atoms with van der Waals surface area (Å²) in [6, 6.07) is 11.4. The first-order valence-corrected chi connectivity index (χ1v) is 21.5. The van der Waals surface area contributed by atoms with Crippen LogP contribution in [0, 0.1) is 13.8 Å². The fourth-order valence-corrected chi connectivity index (χ4v) is 8.14. The van der Waals surface area contributed by atoms with Crippen LogP contribution >= 0.6 is 0 Å².